The van der Waals surface area contributed by atoms with Crippen LogP contribution in [0.4, 0.5) is 0 Å². The highest BCUT2D eigenvalue weighted by molar-refractivity contribution is 9.10. The van der Waals surface area contributed by atoms with Crippen LogP contribution in [0, 0.1) is 6.92 Å². The summed E-state index contributed by atoms with van der Waals surface area (Å²) >= 11 is 3.32. The summed E-state index contributed by atoms with van der Waals surface area (Å²) in [6.45, 7) is 2.38. The number of furan rings is 1. The van der Waals surface area contributed by atoms with Crippen LogP contribution in [0.1, 0.15) is 23.3 Å². The maximum Gasteiger partial charge on any atom is 0.118 e. The number of imidazole rings is 1. The number of H-pyrrole nitrogens is 1. The molecule has 0 fully saturated rings. The zero-order valence-corrected chi connectivity index (χ0v) is 9.91. The molecule has 0 aliphatic heterocycles. The summed E-state index contributed by atoms with van der Waals surface area (Å²) in [4.78, 5) is 7.33. The summed E-state index contributed by atoms with van der Waals surface area (Å²) in [5.41, 5.74) is 5.72. The molecule has 1 unspecified atom stereocenters. The van der Waals surface area contributed by atoms with Crippen LogP contribution < -0.4 is 5.73 Å². The van der Waals surface area contributed by atoms with E-state index >= 15 is 0 Å². The molecule has 1 atom stereocenters. The largest absolute Gasteiger partial charge is 0.466 e. The molecular weight excluding hydrogens is 258 g/mol. The van der Waals surface area contributed by atoms with Gasteiger partial charge >= 0.3 is 0 Å². The maximum atomic E-state index is 5.72. The van der Waals surface area contributed by atoms with Crippen molar-refractivity contribution in [2.75, 3.05) is 6.54 Å². The highest BCUT2D eigenvalue weighted by Crippen LogP contribution is 2.23. The van der Waals surface area contributed by atoms with Gasteiger partial charge in [0.2, 0.25) is 0 Å². The molecule has 2 aromatic heterocycles. The molecule has 0 spiro atoms. The van der Waals surface area contributed by atoms with Gasteiger partial charge in [0.05, 0.1) is 12.1 Å². The van der Waals surface area contributed by atoms with Crippen LogP contribution in [0.5, 0.6) is 0 Å². The minimum absolute atomic E-state index is 0.00926. The molecule has 0 aliphatic carbocycles. The summed E-state index contributed by atoms with van der Waals surface area (Å²) < 4.78 is 6.39. The van der Waals surface area contributed by atoms with Gasteiger partial charge in [-0.05, 0) is 35.0 Å². The number of rotatable bonds is 3. The lowest BCUT2D eigenvalue weighted by Crippen LogP contribution is -2.14. The van der Waals surface area contributed by atoms with Crippen molar-refractivity contribution in [2.45, 2.75) is 12.8 Å². The molecular formula is C10H12BrN3O. The van der Waals surface area contributed by atoms with Gasteiger partial charge in [0, 0.05) is 6.54 Å². The Morgan fingerprint density at radius 2 is 2.40 bits per heavy atom. The molecule has 0 aromatic carbocycles. The van der Waals surface area contributed by atoms with Crippen molar-refractivity contribution in [2.24, 2.45) is 5.73 Å². The van der Waals surface area contributed by atoms with Crippen LogP contribution in [0.2, 0.25) is 0 Å². The van der Waals surface area contributed by atoms with E-state index in [4.69, 9.17) is 10.2 Å². The van der Waals surface area contributed by atoms with Crippen LogP contribution in [-0.2, 0) is 0 Å². The van der Waals surface area contributed by atoms with E-state index in [2.05, 4.69) is 25.9 Å². The number of nitrogens with one attached hydrogen (secondary N) is 1. The molecule has 0 saturated heterocycles. The van der Waals surface area contributed by atoms with Crippen LogP contribution in [0.15, 0.2) is 27.3 Å². The molecule has 0 amide bonds. The SMILES string of the molecule is Cc1ccc(C(CN)c2ncc(Br)[nH]2)o1. The number of hydrogen-bond acceptors (Lipinski definition) is 3. The lowest BCUT2D eigenvalue weighted by molar-refractivity contribution is 0.459. The monoisotopic (exact) mass is 269 g/mol. The van der Waals surface area contributed by atoms with Gasteiger partial charge in [-0.3, -0.25) is 0 Å². The maximum absolute atomic E-state index is 5.72. The number of hydrogen-bond donors (Lipinski definition) is 2. The molecule has 2 rings (SSSR count). The first-order valence-electron chi connectivity index (χ1n) is 4.67. The van der Waals surface area contributed by atoms with E-state index in [1.54, 1.807) is 6.20 Å². The second kappa shape index (κ2) is 4.20. The summed E-state index contributed by atoms with van der Waals surface area (Å²) in [6, 6.07) is 3.86. The third kappa shape index (κ3) is 2.13. The Bertz CT molecular complexity index is 409. The van der Waals surface area contributed by atoms with Gasteiger partial charge in [-0.1, -0.05) is 0 Å². The van der Waals surface area contributed by atoms with Crippen LogP contribution in [0.25, 0.3) is 0 Å². The molecule has 5 heteroatoms. The lowest BCUT2D eigenvalue weighted by Gasteiger charge is -2.08. The fraction of sp³-hybridized carbons (Fsp3) is 0.300. The smallest absolute Gasteiger partial charge is 0.118 e. The van der Waals surface area contributed by atoms with Crippen molar-refractivity contribution in [3.05, 3.63) is 40.3 Å². The van der Waals surface area contributed by atoms with E-state index in [1.807, 2.05) is 19.1 Å². The van der Waals surface area contributed by atoms with Gasteiger partial charge < -0.3 is 15.1 Å². The summed E-state index contributed by atoms with van der Waals surface area (Å²) in [5.74, 6) is 2.54. The first-order chi connectivity index (χ1) is 7.20. The Hall–Kier alpha value is -1.07. The second-order valence-electron chi connectivity index (χ2n) is 3.35. The Balaban J connectivity index is 2.32. The first kappa shape index (κ1) is 10.4. The Labute approximate surface area is 96.0 Å². The normalized spacial score (nSPS) is 13.0. The topological polar surface area (TPSA) is 67.8 Å². The molecule has 0 radical (unpaired) electrons. The molecule has 3 N–H and O–H groups in total. The third-order valence-electron chi connectivity index (χ3n) is 2.23. The zero-order valence-electron chi connectivity index (χ0n) is 8.33. The van der Waals surface area contributed by atoms with Crippen LogP contribution >= 0.6 is 15.9 Å². The quantitative estimate of drug-likeness (QED) is 0.898. The fourth-order valence-electron chi connectivity index (χ4n) is 1.49. The molecule has 0 aliphatic rings. The average Bonchev–Trinajstić information content (AvgIpc) is 2.78. The van der Waals surface area contributed by atoms with E-state index in [0.717, 1.165) is 21.9 Å². The molecule has 4 nitrogen and oxygen atoms in total. The average molecular weight is 270 g/mol. The van der Waals surface area contributed by atoms with Crippen molar-refractivity contribution >= 4 is 15.9 Å². The predicted octanol–water partition coefficient (Wildman–Crippen LogP) is 2.16. The molecule has 0 bridgehead atoms. The Morgan fingerprint density at radius 1 is 1.60 bits per heavy atom. The number of aromatic nitrogens is 2. The van der Waals surface area contributed by atoms with Crippen molar-refractivity contribution in [3.63, 3.8) is 0 Å². The van der Waals surface area contributed by atoms with Crippen LogP contribution in [-0.4, -0.2) is 16.5 Å². The van der Waals surface area contributed by atoms with Crippen molar-refractivity contribution < 1.29 is 4.42 Å². The summed E-state index contributed by atoms with van der Waals surface area (Å²) in [7, 11) is 0. The molecule has 15 heavy (non-hydrogen) atoms. The predicted molar refractivity (Wildman–Crippen MR) is 60.6 cm³/mol. The molecule has 80 valence electrons. The zero-order chi connectivity index (χ0) is 10.8. The summed E-state index contributed by atoms with van der Waals surface area (Å²) in [6.07, 6.45) is 1.72. The van der Waals surface area contributed by atoms with E-state index < -0.39 is 0 Å². The highest BCUT2D eigenvalue weighted by Gasteiger charge is 2.18. The van der Waals surface area contributed by atoms with E-state index in [-0.39, 0.29) is 5.92 Å². The Kier molecular flexibility index (Phi) is 2.93. The number of halogens is 1. The molecule has 2 heterocycles. The van der Waals surface area contributed by atoms with Gasteiger partial charge in [0.15, 0.2) is 0 Å². The number of aryl methyl sites for hydroxylation is 1. The van der Waals surface area contributed by atoms with E-state index in [9.17, 15) is 0 Å². The second-order valence-corrected chi connectivity index (χ2v) is 4.21. The van der Waals surface area contributed by atoms with Gasteiger partial charge in [-0.15, -0.1) is 0 Å². The van der Waals surface area contributed by atoms with Gasteiger partial charge in [0.25, 0.3) is 0 Å². The lowest BCUT2D eigenvalue weighted by atomic mass is 10.1. The van der Waals surface area contributed by atoms with E-state index in [0.29, 0.717) is 6.54 Å². The van der Waals surface area contributed by atoms with Crippen LogP contribution in [0.3, 0.4) is 0 Å². The van der Waals surface area contributed by atoms with Crippen molar-refractivity contribution in [1.82, 2.24) is 9.97 Å². The van der Waals surface area contributed by atoms with E-state index in [1.165, 1.54) is 0 Å². The molecule has 2 aromatic rings. The molecule has 0 saturated carbocycles. The number of aromatic amines is 1. The van der Waals surface area contributed by atoms with Crippen molar-refractivity contribution in [1.29, 1.82) is 0 Å². The van der Waals surface area contributed by atoms with Gasteiger partial charge in [-0.25, -0.2) is 4.98 Å². The number of nitrogens with zero attached hydrogens (tertiary/aromatic N) is 1. The fourth-order valence-corrected chi connectivity index (χ4v) is 1.80. The number of nitrogens with two attached hydrogens (primary N) is 1. The van der Waals surface area contributed by atoms with Gasteiger partial charge in [0.1, 0.15) is 21.9 Å². The standard InChI is InChI=1S/C10H12BrN3O/c1-6-2-3-8(15-6)7(4-12)10-13-5-9(11)14-10/h2-3,5,7H,4,12H2,1H3,(H,13,14). The first-order valence-corrected chi connectivity index (χ1v) is 5.47. The minimum Gasteiger partial charge on any atom is -0.466 e. The minimum atomic E-state index is -0.00926. The van der Waals surface area contributed by atoms with Crippen molar-refractivity contribution in [3.8, 4) is 0 Å². The summed E-state index contributed by atoms with van der Waals surface area (Å²) in [5, 5.41) is 0. The Morgan fingerprint density at radius 3 is 2.87 bits per heavy atom. The van der Waals surface area contributed by atoms with Gasteiger partial charge in [-0.2, -0.15) is 0 Å². The third-order valence-corrected chi connectivity index (χ3v) is 2.64. The highest BCUT2D eigenvalue weighted by atomic mass is 79.9.